The molecule has 0 spiro atoms. The molecule has 164 valence electrons. The predicted octanol–water partition coefficient (Wildman–Crippen LogP) is 4.28. The van der Waals surface area contributed by atoms with Gasteiger partial charge < -0.3 is 14.8 Å². The average molecular weight is 466 g/mol. The SMILES string of the molecule is COc1ccc2nc(C)nc(SCC(=O)c3ccc([C@H]4CNCC(F)(F)CO4)s3)c2c1. The molecule has 31 heavy (non-hydrogen) atoms. The van der Waals surface area contributed by atoms with E-state index in [0.29, 0.717) is 21.5 Å². The highest BCUT2D eigenvalue weighted by atomic mass is 32.2. The van der Waals surface area contributed by atoms with Gasteiger partial charge in [0, 0.05) is 16.8 Å². The molecule has 2 aromatic heterocycles. The molecule has 3 heterocycles. The van der Waals surface area contributed by atoms with E-state index in [1.807, 2.05) is 25.1 Å². The number of ether oxygens (including phenoxy) is 2. The van der Waals surface area contributed by atoms with Crippen LogP contribution >= 0.6 is 23.1 Å². The maximum atomic E-state index is 13.5. The Morgan fingerprint density at radius 2 is 2.19 bits per heavy atom. The first-order valence-electron chi connectivity index (χ1n) is 9.63. The van der Waals surface area contributed by atoms with Crippen LogP contribution in [0.2, 0.25) is 0 Å². The maximum Gasteiger partial charge on any atom is 0.283 e. The van der Waals surface area contributed by atoms with Gasteiger partial charge in [-0.25, -0.2) is 18.7 Å². The molecular formula is C21H21F2N3O3S2. The van der Waals surface area contributed by atoms with E-state index in [1.165, 1.54) is 23.1 Å². The van der Waals surface area contributed by atoms with Gasteiger partial charge in [0.2, 0.25) is 0 Å². The Morgan fingerprint density at radius 1 is 1.35 bits per heavy atom. The van der Waals surface area contributed by atoms with Gasteiger partial charge >= 0.3 is 0 Å². The van der Waals surface area contributed by atoms with Gasteiger partial charge in [0.25, 0.3) is 5.92 Å². The fourth-order valence-electron chi connectivity index (χ4n) is 3.21. The molecule has 0 unspecified atom stereocenters. The number of halogens is 2. The third kappa shape index (κ3) is 5.20. The van der Waals surface area contributed by atoms with E-state index in [4.69, 9.17) is 9.47 Å². The van der Waals surface area contributed by atoms with E-state index in [0.717, 1.165) is 15.8 Å². The third-order valence-electron chi connectivity index (χ3n) is 4.75. The number of rotatable bonds is 6. The number of methoxy groups -OCH3 is 1. The summed E-state index contributed by atoms with van der Waals surface area (Å²) in [6.45, 7) is 1.05. The van der Waals surface area contributed by atoms with Crippen molar-refractivity contribution in [3.05, 3.63) is 45.9 Å². The average Bonchev–Trinajstić information content (AvgIpc) is 3.16. The summed E-state index contributed by atoms with van der Waals surface area (Å²) >= 11 is 2.62. The lowest BCUT2D eigenvalue weighted by Crippen LogP contribution is -2.33. The quantitative estimate of drug-likeness (QED) is 0.331. The van der Waals surface area contributed by atoms with Gasteiger partial charge in [-0.1, -0.05) is 11.8 Å². The Kier molecular flexibility index (Phi) is 6.52. The number of carbonyl (C=O) groups excluding carboxylic acids is 1. The smallest absolute Gasteiger partial charge is 0.283 e. The number of ketones is 1. The molecule has 1 fully saturated rings. The summed E-state index contributed by atoms with van der Waals surface area (Å²) in [4.78, 5) is 23.0. The van der Waals surface area contributed by atoms with Gasteiger partial charge in [0.1, 0.15) is 29.3 Å². The van der Waals surface area contributed by atoms with Crippen LogP contribution in [0, 0.1) is 6.92 Å². The number of nitrogens with zero attached hydrogens (tertiary/aromatic N) is 2. The van der Waals surface area contributed by atoms with Crippen LogP contribution in [0.1, 0.15) is 26.5 Å². The van der Waals surface area contributed by atoms with Crippen molar-refractivity contribution in [3.63, 3.8) is 0 Å². The summed E-state index contributed by atoms with van der Waals surface area (Å²) < 4.78 is 37.6. The van der Waals surface area contributed by atoms with E-state index in [-0.39, 0.29) is 18.1 Å². The number of nitrogens with one attached hydrogen (secondary N) is 1. The molecule has 3 aromatic rings. The fourth-order valence-corrected chi connectivity index (χ4v) is 5.23. The summed E-state index contributed by atoms with van der Waals surface area (Å²) in [7, 11) is 1.59. The molecule has 1 atom stereocenters. The van der Waals surface area contributed by atoms with E-state index in [1.54, 1.807) is 19.2 Å². The maximum absolute atomic E-state index is 13.5. The van der Waals surface area contributed by atoms with Gasteiger partial charge in [-0.05, 0) is 37.3 Å². The molecule has 0 radical (unpaired) electrons. The normalized spacial score (nSPS) is 18.6. The van der Waals surface area contributed by atoms with Crippen LogP contribution < -0.4 is 10.1 Å². The summed E-state index contributed by atoms with van der Waals surface area (Å²) in [6.07, 6.45) is -0.492. The zero-order valence-electron chi connectivity index (χ0n) is 17.0. The van der Waals surface area contributed by atoms with Crippen molar-refractivity contribution >= 4 is 39.8 Å². The number of aromatic nitrogens is 2. The molecule has 1 saturated heterocycles. The molecule has 1 aliphatic heterocycles. The third-order valence-corrected chi connectivity index (χ3v) is 6.96. The summed E-state index contributed by atoms with van der Waals surface area (Å²) in [5.74, 6) is -1.42. The van der Waals surface area contributed by atoms with Crippen molar-refractivity contribution < 1.29 is 23.0 Å². The van der Waals surface area contributed by atoms with Crippen molar-refractivity contribution in [2.24, 2.45) is 0 Å². The standard InChI is InChI=1S/C21H21F2N3O3S2/c1-12-25-15-4-3-13(28-2)7-14(15)20(26-12)30-9-16(27)18-5-6-19(31-18)17-8-24-10-21(22,23)11-29-17/h3-7,17,24H,8-11H2,1-2H3/t17-/m1/s1. The van der Waals surface area contributed by atoms with Crippen LogP contribution in [0.4, 0.5) is 8.78 Å². The lowest BCUT2D eigenvalue weighted by atomic mass is 10.2. The van der Waals surface area contributed by atoms with Gasteiger partial charge in [0.05, 0.1) is 29.8 Å². The van der Waals surface area contributed by atoms with Crippen LogP contribution in [0.3, 0.4) is 0 Å². The number of Topliss-reactive ketones (excluding diaryl/α,β-unsaturated/α-hetero) is 1. The van der Waals surface area contributed by atoms with Crippen LogP contribution in [0.15, 0.2) is 35.4 Å². The van der Waals surface area contributed by atoms with E-state index >= 15 is 0 Å². The van der Waals surface area contributed by atoms with Crippen molar-refractivity contribution in [1.29, 1.82) is 0 Å². The molecule has 0 aliphatic carbocycles. The number of hydrogen-bond donors (Lipinski definition) is 1. The van der Waals surface area contributed by atoms with Gasteiger partial charge in [0.15, 0.2) is 5.78 Å². The second kappa shape index (κ2) is 9.15. The highest BCUT2D eigenvalue weighted by molar-refractivity contribution is 8.00. The van der Waals surface area contributed by atoms with Crippen molar-refractivity contribution in [2.45, 2.75) is 24.0 Å². The number of thiophene rings is 1. The second-order valence-corrected chi connectivity index (χ2v) is 9.24. The van der Waals surface area contributed by atoms with Gasteiger partial charge in [-0.15, -0.1) is 11.3 Å². The summed E-state index contributed by atoms with van der Waals surface area (Å²) in [6, 6.07) is 9.05. The fraction of sp³-hybridized carbons (Fsp3) is 0.381. The Bertz CT molecular complexity index is 1110. The minimum absolute atomic E-state index is 0.0551. The highest BCUT2D eigenvalue weighted by Gasteiger charge is 2.34. The van der Waals surface area contributed by atoms with Crippen LogP contribution in [-0.2, 0) is 4.74 Å². The van der Waals surface area contributed by atoms with Crippen molar-refractivity contribution in [3.8, 4) is 5.75 Å². The highest BCUT2D eigenvalue weighted by Crippen LogP contribution is 2.32. The molecule has 0 saturated carbocycles. The molecule has 1 aliphatic rings. The zero-order valence-corrected chi connectivity index (χ0v) is 18.6. The number of aryl methyl sites for hydroxylation is 1. The van der Waals surface area contributed by atoms with Crippen molar-refractivity contribution in [1.82, 2.24) is 15.3 Å². The van der Waals surface area contributed by atoms with Crippen LogP contribution in [-0.4, -0.2) is 54.2 Å². The second-order valence-electron chi connectivity index (χ2n) is 7.16. The molecule has 4 rings (SSSR count). The monoisotopic (exact) mass is 465 g/mol. The lowest BCUT2D eigenvalue weighted by molar-refractivity contribution is -0.0775. The van der Waals surface area contributed by atoms with Crippen LogP contribution in [0.25, 0.3) is 10.9 Å². The number of carbonyl (C=O) groups is 1. The molecular weight excluding hydrogens is 444 g/mol. The lowest BCUT2D eigenvalue weighted by Gasteiger charge is -2.14. The topological polar surface area (TPSA) is 73.3 Å². The largest absolute Gasteiger partial charge is 0.497 e. The van der Waals surface area contributed by atoms with Crippen molar-refractivity contribution in [2.75, 3.05) is 32.6 Å². The number of hydrogen-bond acceptors (Lipinski definition) is 8. The first kappa shape index (κ1) is 22.1. The number of thioether (sulfide) groups is 1. The molecule has 0 bridgehead atoms. The molecule has 1 N–H and O–H groups in total. The molecule has 0 amide bonds. The molecule has 10 heteroatoms. The Labute approximate surface area is 186 Å². The number of alkyl halides is 2. The number of fused-ring (bicyclic) bond motifs is 1. The zero-order chi connectivity index (χ0) is 22.0. The minimum Gasteiger partial charge on any atom is -0.497 e. The first-order valence-corrected chi connectivity index (χ1v) is 11.4. The van der Waals surface area contributed by atoms with Gasteiger partial charge in [-0.3, -0.25) is 4.79 Å². The Morgan fingerprint density at radius 3 is 3.00 bits per heavy atom. The first-order chi connectivity index (χ1) is 14.8. The van der Waals surface area contributed by atoms with E-state index in [9.17, 15) is 13.6 Å². The van der Waals surface area contributed by atoms with Gasteiger partial charge in [-0.2, -0.15) is 0 Å². The minimum atomic E-state index is -2.89. The Balaban J connectivity index is 1.46. The van der Waals surface area contributed by atoms with E-state index < -0.39 is 25.2 Å². The van der Waals surface area contributed by atoms with E-state index in [2.05, 4.69) is 15.3 Å². The Hall–Kier alpha value is -2.14. The summed E-state index contributed by atoms with van der Waals surface area (Å²) in [5.41, 5.74) is 0.788. The predicted molar refractivity (Wildman–Crippen MR) is 117 cm³/mol. The molecule has 1 aromatic carbocycles. The molecule has 6 nitrogen and oxygen atoms in total. The van der Waals surface area contributed by atoms with Crippen LogP contribution in [0.5, 0.6) is 5.75 Å². The number of benzene rings is 1. The summed E-state index contributed by atoms with van der Waals surface area (Å²) in [5, 5.41) is 4.26.